The molecule has 1 aliphatic heterocycles. The normalized spacial score (nSPS) is 22.3. The van der Waals surface area contributed by atoms with Gasteiger partial charge in [-0.05, 0) is 12.2 Å². The first-order valence-corrected chi connectivity index (χ1v) is 5.87. The Morgan fingerprint density at radius 3 is 3.31 bits per heavy atom. The molecule has 1 aromatic rings. The third-order valence-corrected chi connectivity index (χ3v) is 3.45. The summed E-state index contributed by atoms with van der Waals surface area (Å²) in [6.45, 7) is 2.09. The smallest absolute Gasteiger partial charge is 0.0946 e. The summed E-state index contributed by atoms with van der Waals surface area (Å²) in [4.78, 5) is 4.00. The van der Waals surface area contributed by atoms with E-state index in [0.29, 0.717) is 0 Å². The fourth-order valence-corrected chi connectivity index (χ4v) is 2.70. The third-order valence-electron chi connectivity index (χ3n) is 2.29. The van der Waals surface area contributed by atoms with Crippen molar-refractivity contribution in [1.29, 1.82) is 0 Å². The first kappa shape index (κ1) is 9.09. The maximum Gasteiger partial charge on any atom is 0.0946 e. The van der Waals surface area contributed by atoms with Crippen LogP contribution in [0.2, 0.25) is 0 Å². The van der Waals surface area contributed by atoms with Gasteiger partial charge in [0.2, 0.25) is 0 Å². The molecule has 1 fully saturated rings. The van der Waals surface area contributed by atoms with Crippen molar-refractivity contribution < 1.29 is 0 Å². The van der Waals surface area contributed by atoms with Gasteiger partial charge >= 0.3 is 0 Å². The van der Waals surface area contributed by atoms with Crippen molar-refractivity contribution in [2.24, 2.45) is 0 Å². The number of rotatable bonds is 4. The van der Waals surface area contributed by atoms with Gasteiger partial charge in [-0.3, -0.25) is 0 Å². The Hall–Kier alpha value is -0.480. The van der Waals surface area contributed by atoms with Crippen LogP contribution in [0.4, 0.5) is 0 Å². The summed E-state index contributed by atoms with van der Waals surface area (Å²) in [6.07, 6.45) is 7.02. The van der Waals surface area contributed by atoms with E-state index < -0.39 is 0 Å². The van der Waals surface area contributed by atoms with Gasteiger partial charge in [-0.1, -0.05) is 0 Å². The zero-order chi connectivity index (χ0) is 8.93. The van der Waals surface area contributed by atoms with Gasteiger partial charge in [0.25, 0.3) is 0 Å². The molecule has 1 N–H and O–H groups in total. The second-order valence-corrected chi connectivity index (χ2v) is 4.46. The highest BCUT2D eigenvalue weighted by molar-refractivity contribution is 7.99. The van der Waals surface area contributed by atoms with Gasteiger partial charge in [-0.2, -0.15) is 11.8 Å². The number of aromatic nitrogens is 2. The van der Waals surface area contributed by atoms with Gasteiger partial charge in [-0.15, -0.1) is 0 Å². The third kappa shape index (κ3) is 2.74. The topological polar surface area (TPSA) is 29.9 Å². The summed E-state index contributed by atoms with van der Waals surface area (Å²) in [7, 11) is 0. The fourth-order valence-electron chi connectivity index (χ4n) is 1.51. The molecule has 0 aliphatic carbocycles. The summed E-state index contributed by atoms with van der Waals surface area (Å²) >= 11 is 2.05. The van der Waals surface area contributed by atoms with E-state index in [0.717, 1.165) is 19.1 Å². The van der Waals surface area contributed by atoms with Gasteiger partial charge in [0.05, 0.1) is 6.33 Å². The number of thioether (sulfide) groups is 1. The SMILES string of the molecule is c1cn(CCNC2CCSC2)cn1. The summed E-state index contributed by atoms with van der Waals surface area (Å²) in [5.74, 6) is 2.60. The zero-order valence-corrected chi connectivity index (χ0v) is 8.46. The molecule has 1 aliphatic rings. The lowest BCUT2D eigenvalue weighted by molar-refractivity contribution is 0.521. The van der Waals surface area contributed by atoms with Crippen LogP contribution in [-0.4, -0.2) is 33.6 Å². The molecule has 3 nitrogen and oxygen atoms in total. The lowest BCUT2D eigenvalue weighted by Crippen LogP contribution is -2.31. The second kappa shape index (κ2) is 4.67. The first-order valence-electron chi connectivity index (χ1n) is 4.72. The van der Waals surface area contributed by atoms with Crippen molar-refractivity contribution >= 4 is 11.8 Å². The zero-order valence-electron chi connectivity index (χ0n) is 7.65. The van der Waals surface area contributed by atoms with Gasteiger partial charge in [0.15, 0.2) is 0 Å². The Labute approximate surface area is 82.9 Å². The van der Waals surface area contributed by atoms with E-state index in [2.05, 4.69) is 14.9 Å². The van der Waals surface area contributed by atoms with Crippen LogP contribution in [-0.2, 0) is 6.54 Å². The highest BCUT2D eigenvalue weighted by Gasteiger charge is 2.13. The van der Waals surface area contributed by atoms with Crippen molar-refractivity contribution in [2.45, 2.75) is 19.0 Å². The van der Waals surface area contributed by atoms with Crippen molar-refractivity contribution in [3.63, 3.8) is 0 Å². The van der Waals surface area contributed by atoms with Crippen molar-refractivity contribution in [3.8, 4) is 0 Å². The molecule has 2 heterocycles. The van der Waals surface area contributed by atoms with E-state index in [-0.39, 0.29) is 0 Å². The van der Waals surface area contributed by atoms with Crippen LogP contribution in [0.1, 0.15) is 6.42 Å². The highest BCUT2D eigenvalue weighted by Crippen LogP contribution is 2.16. The fraction of sp³-hybridized carbons (Fsp3) is 0.667. The summed E-state index contributed by atoms with van der Waals surface area (Å²) in [6, 6.07) is 0.744. The molecule has 1 aromatic heterocycles. The molecule has 1 saturated heterocycles. The van der Waals surface area contributed by atoms with Crippen LogP contribution in [0.5, 0.6) is 0 Å². The number of hydrogen-bond acceptors (Lipinski definition) is 3. The minimum absolute atomic E-state index is 0.744. The molecule has 0 amide bonds. The van der Waals surface area contributed by atoms with Gasteiger partial charge < -0.3 is 9.88 Å². The van der Waals surface area contributed by atoms with E-state index in [9.17, 15) is 0 Å². The average molecular weight is 197 g/mol. The van der Waals surface area contributed by atoms with Crippen LogP contribution in [0.25, 0.3) is 0 Å². The Bertz CT molecular complexity index is 229. The van der Waals surface area contributed by atoms with Crippen molar-refractivity contribution in [2.75, 3.05) is 18.1 Å². The van der Waals surface area contributed by atoms with Crippen LogP contribution in [0.15, 0.2) is 18.7 Å². The lowest BCUT2D eigenvalue weighted by atomic mass is 10.3. The van der Waals surface area contributed by atoms with E-state index in [1.165, 1.54) is 17.9 Å². The van der Waals surface area contributed by atoms with Gasteiger partial charge in [0, 0.05) is 37.3 Å². The summed E-state index contributed by atoms with van der Waals surface area (Å²) < 4.78 is 2.11. The van der Waals surface area contributed by atoms with Crippen molar-refractivity contribution in [3.05, 3.63) is 18.7 Å². The average Bonchev–Trinajstić information content (AvgIpc) is 2.75. The van der Waals surface area contributed by atoms with E-state index >= 15 is 0 Å². The van der Waals surface area contributed by atoms with Crippen LogP contribution in [0.3, 0.4) is 0 Å². The molecule has 2 rings (SSSR count). The van der Waals surface area contributed by atoms with Crippen LogP contribution >= 0.6 is 11.8 Å². The predicted octanol–water partition coefficient (Wildman–Crippen LogP) is 0.978. The quantitative estimate of drug-likeness (QED) is 0.780. The molecule has 72 valence electrons. The Morgan fingerprint density at radius 2 is 2.62 bits per heavy atom. The molecule has 1 atom stereocenters. The molecular weight excluding hydrogens is 182 g/mol. The summed E-state index contributed by atoms with van der Waals surface area (Å²) in [5, 5.41) is 3.55. The summed E-state index contributed by atoms with van der Waals surface area (Å²) in [5.41, 5.74) is 0. The number of nitrogens with zero attached hydrogens (tertiary/aromatic N) is 2. The van der Waals surface area contributed by atoms with E-state index in [1.807, 2.05) is 30.5 Å². The standard InChI is InChI=1S/C9H15N3S/c1-6-13-7-9(1)11-3-5-12-4-2-10-8-12/h2,4,8-9,11H,1,3,5-7H2. The molecule has 1 unspecified atom stereocenters. The molecular formula is C9H15N3S. The van der Waals surface area contributed by atoms with Gasteiger partial charge in [-0.25, -0.2) is 4.98 Å². The Morgan fingerprint density at radius 1 is 1.62 bits per heavy atom. The Balaban J connectivity index is 1.63. The number of imidazole rings is 1. The molecule has 4 heteroatoms. The van der Waals surface area contributed by atoms with E-state index in [1.54, 1.807) is 0 Å². The predicted molar refractivity (Wildman–Crippen MR) is 56.0 cm³/mol. The van der Waals surface area contributed by atoms with Gasteiger partial charge in [0.1, 0.15) is 0 Å². The molecule has 0 aromatic carbocycles. The maximum atomic E-state index is 4.00. The van der Waals surface area contributed by atoms with Crippen LogP contribution in [0, 0.1) is 0 Å². The Kier molecular flexibility index (Phi) is 3.27. The minimum atomic E-state index is 0.744. The first-order chi connectivity index (χ1) is 6.45. The minimum Gasteiger partial charge on any atom is -0.336 e. The largest absolute Gasteiger partial charge is 0.336 e. The maximum absolute atomic E-state index is 4.00. The molecule has 0 radical (unpaired) electrons. The van der Waals surface area contributed by atoms with Crippen LogP contribution < -0.4 is 5.32 Å². The second-order valence-electron chi connectivity index (χ2n) is 3.32. The highest BCUT2D eigenvalue weighted by atomic mass is 32.2. The molecule has 0 bridgehead atoms. The number of hydrogen-bond donors (Lipinski definition) is 1. The number of nitrogens with one attached hydrogen (secondary N) is 1. The molecule has 0 spiro atoms. The molecule has 0 saturated carbocycles. The monoisotopic (exact) mass is 197 g/mol. The molecule has 13 heavy (non-hydrogen) atoms. The van der Waals surface area contributed by atoms with Crippen molar-refractivity contribution in [1.82, 2.24) is 14.9 Å². The lowest BCUT2D eigenvalue weighted by Gasteiger charge is -2.10. The van der Waals surface area contributed by atoms with E-state index in [4.69, 9.17) is 0 Å².